The predicted molar refractivity (Wildman–Crippen MR) is 75.5 cm³/mol. The molecule has 0 amide bonds. The zero-order valence-corrected chi connectivity index (χ0v) is 11.4. The Hall–Kier alpha value is -1.95. The molecule has 4 nitrogen and oxygen atoms in total. The van der Waals surface area contributed by atoms with Crippen molar-refractivity contribution in [3.05, 3.63) is 36.4 Å². The molecule has 6 heteroatoms. The number of aromatic nitrogens is 3. The maximum absolute atomic E-state index is 13.1. The third-order valence-corrected chi connectivity index (χ3v) is 3.68. The maximum Gasteiger partial charge on any atom is 0.188 e. The summed E-state index contributed by atoms with van der Waals surface area (Å²) >= 11 is 1.49. The van der Waals surface area contributed by atoms with E-state index in [1.54, 1.807) is 12.3 Å². The Morgan fingerprint density at radius 2 is 2.21 bits per heavy atom. The van der Waals surface area contributed by atoms with Crippen molar-refractivity contribution in [2.45, 2.75) is 19.9 Å². The largest absolute Gasteiger partial charge is 0.329 e. The van der Waals surface area contributed by atoms with E-state index in [0.29, 0.717) is 11.6 Å². The fourth-order valence-electron chi connectivity index (χ4n) is 1.76. The summed E-state index contributed by atoms with van der Waals surface area (Å²) in [5, 5.41) is 8.18. The van der Waals surface area contributed by atoms with Crippen LogP contribution in [0.25, 0.3) is 10.2 Å². The van der Waals surface area contributed by atoms with Gasteiger partial charge in [-0.05, 0) is 26.0 Å². The van der Waals surface area contributed by atoms with Gasteiger partial charge < -0.3 is 5.32 Å². The van der Waals surface area contributed by atoms with Gasteiger partial charge in [-0.1, -0.05) is 11.3 Å². The smallest absolute Gasteiger partial charge is 0.188 e. The molecule has 0 saturated carbocycles. The zero-order valence-electron chi connectivity index (χ0n) is 10.6. The lowest BCUT2D eigenvalue weighted by Gasteiger charge is -2.03. The van der Waals surface area contributed by atoms with E-state index in [1.807, 2.05) is 10.9 Å². The van der Waals surface area contributed by atoms with Crippen molar-refractivity contribution in [2.75, 3.05) is 5.32 Å². The summed E-state index contributed by atoms with van der Waals surface area (Å²) in [6, 6.07) is 4.95. The highest BCUT2D eigenvalue weighted by molar-refractivity contribution is 7.22. The summed E-state index contributed by atoms with van der Waals surface area (Å²) in [7, 11) is 0. The van der Waals surface area contributed by atoms with E-state index in [0.717, 1.165) is 15.5 Å². The molecule has 0 radical (unpaired) electrons. The molecule has 0 aliphatic heterocycles. The Labute approximate surface area is 113 Å². The molecule has 98 valence electrons. The normalized spacial score (nSPS) is 11.4. The molecule has 1 aromatic carbocycles. The third kappa shape index (κ3) is 2.44. The molecule has 0 spiro atoms. The summed E-state index contributed by atoms with van der Waals surface area (Å²) in [4.78, 5) is 4.35. The molecule has 0 aliphatic rings. The lowest BCUT2D eigenvalue weighted by atomic mass is 10.3. The summed E-state index contributed by atoms with van der Waals surface area (Å²) in [6.07, 6.45) is 3.68. The molecule has 19 heavy (non-hydrogen) atoms. The lowest BCUT2D eigenvalue weighted by Crippen LogP contribution is -1.99. The van der Waals surface area contributed by atoms with Crippen molar-refractivity contribution in [3.8, 4) is 0 Å². The Balaban J connectivity index is 1.87. The van der Waals surface area contributed by atoms with Crippen molar-refractivity contribution in [1.82, 2.24) is 14.8 Å². The van der Waals surface area contributed by atoms with Crippen molar-refractivity contribution < 1.29 is 4.39 Å². The number of nitrogens with zero attached hydrogens (tertiary/aromatic N) is 3. The number of thiazole rings is 1. The van der Waals surface area contributed by atoms with Crippen LogP contribution in [0.15, 0.2) is 30.6 Å². The second kappa shape index (κ2) is 4.62. The third-order valence-electron chi connectivity index (χ3n) is 2.73. The summed E-state index contributed by atoms with van der Waals surface area (Å²) in [5.74, 6) is -0.267. The summed E-state index contributed by atoms with van der Waals surface area (Å²) < 4.78 is 15.9. The Kier molecular flexibility index (Phi) is 2.94. The molecule has 0 aliphatic carbocycles. The quantitative estimate of drug-likeness (QED) is 0.787. The van der Waals surface area contributed by atoms with E-state index in [1.165, 1.54) is 23.5 Å². The van der Waals surface area contributed by atoms with Crippen LogP contribution >= 0.6 is 11.3 Å². The Morgan fingerprint density at radius 3 is 2.95 bits per heavy atom. The number of fused-ring (bicyclic) bond motifs is 1. The van der Waals surface area contributed by atoms with Crippen LogP contribution in [0.4, 0.5) is 15.2 Å². The number of rotatable bonds is 3. The number of hydrogen-bond acceptors (Lipinski definition) is 4. The number of hydrogen-bond donors (Lipinski definition) is 1. The average molecular weight is 276 g/mol. The van der Waals surface area contributed by atoms with E-state index in [4.69, 9.17) is 0 Å². The maximum atomic E-state index is 13.1. The molecule has 3 aromatic rings. The summed E-state index contributed by atoms with van der Waals surface area (Å²) in [6.45, 7) is 4.13. The van der Waals surface area contributed by atoms with Gasteiger partial charge in [-0.3, -0.25) is 4.68 Å². The van der Waals surface area contributed by atoms with Gasteiger partial charge in [-0.15, -0.1) is 0 Å². The lowest BCUT2D eigenvalue weighted by molar-refractivity contribution is 0.532. The Morgan fingerprint density at radius 1 is 1.37 bits per heavy atom. The van der Waals surface area contributed by atoms with E-state index in [2.05, 4.69) is 29.2 Å². The minimum Gasteiger partial charge on any atom is -0.329 e. The minimum absolute atomic E-state index is 0.267. The van der Waals surface area contributed by atoms with Gasteiger partial charge in [0.05, 0.1) is 22.1 Å². The zero-order chi connectivity index (χ0) is 13.4. The first-order chi connectivity index (χ1) is 9.11. The van der Waals surface area contributed by atoms with E-state index < -0.39 is 0 Å². The first kappa shape index (κ1) is 12.1. The molecule has 0 unspecified atom stereocenters. The van der Waals surface area contributed by atoms with Crippen LogP contribution in [0.1, 0.15) is 19.9 Å². The van der Waals surface area contributed by atoms with Crippen LogP contribution < -0.4 is 5.32 Å². The van der Waals surface area contributed by atoms with Crippen LogP contribution in [0.5, 0.6) is 0 Å². The van der Waals surface area contributed by atoms with Gasteiger partial charge in [0.15, 0.2) is 5.13 Å². The molecule has 2 heterocycles. The molecule has 0 bridgehead atoms. The van der Waals surface area contributed by atoms with Gasteiger partial charge in [-0.2, -0.15) is 5.10 Å². The van der Waals surface area contributed by atoms with Gasteiger partial charge >= 0.3 is 0 Å². The molecular formula is C13H13FN4S. The molecule has 0 fully saturated rings. The first-order valence-electron chi connectivity index (χ1n) is 5.99. The molecular weight excluding hydrogens is 263 g/mol. The highest BCUT2D eigenvalue weighted by Gasteiger charge is 2.07. The van der Waals surface area contributed by atoms with Crippen LogP contribution in [0, 0.1) is 5.82 Å². The van der Waals surface area contributed by atoms with Crippen LogP contribution in [0.2, 0.25) is 0 Å². The summed E-state index contributed by atoms with van der Waals surface area (Å²) in [5.41, 5.74) is 1.55. The van der Waals surface area contributed by atoms with Gasteiger partial charge in [0.2, 0.25) is 0 Å². The van der Waals surface area contributed by atoms with Gasteiger partial charge in [0.25, 0.3) is 0 Å². The van der Waals surface area contributed by atoms with E-state index >= 15 is 0 Å². The van der Waals surface area contributed by atoms with Crippen LogP contribution in [-0.4, -0.2) is 14.8 Å². The van der Waals surface area contributed by atoms with Crippen molar-refractivity contribution in [1.29, 1.82) is 0 Å². The highest BCUT2D eigenvalue weighted by atomic mass is 32.1. The molecule has 1 N–H and O–H groups in total. The van der Waals surface area contributed by atoms with Crippen molar-refractivity contribution in [2.24, 2.45) is 0 Å². The second-order valence-electron chi connectivity index (χ2n) is 4.56. The fourth-order valence-corrected chi connectivity index (χ4v) is 2.63. The minimum atomic E-state index is -0.267. The van der Waals surface area contributed by atoms with Crippen molar-refractivity contribution in [3.63, 3.8) is 0 Å². The topological polar surface area (TPSA) is 42.7 Å². The first-order valence-corrected chi connectivity index (χ1v) is 6.81. The average Bonchev–Trinajstić information content (AvgIpc) is 2.95. The fraction of sp³-hybridized carbons (Fsp3) is 0.231. The number of halogens is 1. The van der Waals surface area contributed by atoms with E-state index in [-0.39, 0.29) is 5.82 Å². The van der Waals surface area contributed by atoms with Gasteiger partial charge in [0.1, 0.15) is 5.82 Å². The van der Waals surface area contributed by atoms with Crippen LogP contribution in [-0.2, 0) is 0 Å². The highest BCUT2D eigenvalue weighted by Crippen LogP contribution is 2.28. The van der Waals surface area contributed by atoms with Crippen molar-refractivity contribution >= 4 is 32.4 Å². The second-order valence-corrected chi connectivity index (χ2v) is 5.59. The molecule has 2 aromatic heterocycles. The van der Waals surface area contributed by atoms with Gasteiger partial charge in [-0.25, -0.2) is 9.37 Å². The standard InChI is InChI=1S/C13H13FN4S/c1-8(2)18-7-10(6-15-18)16-13-17-11-5-9(14)3-4-12(11)19-13/h3-8H,1-2H3,(H,16,17). The predicted octanol–water partition coefficient (Wildman–Crippen LogP) is 3.96. The molecule has 0 atom stereocenters. The number of anilines is 2. The number of nitrogens with one attached hydrogen (secondary N) is 1. The Bertz CT molecular complexity index is 716. The SMILES string of the molecule is CC(C)n1cc(Nc2nc3cc(F)ccc3s2)cn1. The van der Waals surface area contributed by atoms with Gasteiger partial charge in [0, 0.05) is 18.3 Å². The van der Waals surface area contributed by atoms with E-state index in [9.17, 15) is 4.39 Å². The molecule has 0 saturated heterocycles. The number of benzene rings is 1. The monoisotopic (exact) mass is 276 g/mol. The molecule has 3 rings (SSSR count). The van der Waals surface area contributed by atoms with Crippen LogP contribution in [0.3, 0.4) is 0 Å².